The Morgan fingerprint density at radius 2 is 1.62 bits per heavy atom. The summed E-state index contributed by atoms with van der Waals surface area (Å²) in [6.45, 7) is 4.45. The number of rotatable bonds is 14. The van der Waals surface area contributed by atoms with Crippen LogP contribution < -0.4 is 25.7 Å². The Kier molecular flexibility index (Phi) is 11.0. The van der Waals surface area contributed by atoms with Crippen LogP contribution in [0, 0.1) is 5.92 Å². The van der Waals surface area contributed by atoms with Crippen LogP contribution in [0.5, 0.6) is 17.2 Å². The molecule has 1 aromatic heterocycles. The predicted octanol–water partition coefficient (Wildman–Crippen LogP) is 5.42. The highest BCUT2D eigenvalue weighted by molar-refractivity contribution is 5.87. The van der Waals surface area contributed by atoms with E-state index in [9.17, 15) is 19.8 Å². The van der Waals surface area contributed by atoms with Crippen molar-refractivity contribution < 1.29 is 29.2 Å². The van der Waals surface area contributed by atoms with Crippen molar-refractivity contribution in [2.24, 2.45) is 5.92 Å². The maximum atomic E-state index is 13.2. The summed E-state index contributed by atoms with van der Waals surface area (Å²) in [5.74, 6) is 1.77. The van der Waals surface area contributed by atoms with Crippen LogP contribution in [0.1, 0.15) is 47.2 Å². The number of piperidine rings is 3. The number of hydrogen-bond donors (Lipinski definition) is 5. The first kappa shape index (κ1) is 35.1. The van der Waals surface area contributed by atoms with Gasteiger partial charge in [-0.1, -0.05) is 60.7 Å². The molecule has 3 saturated heterocycles. The number of aromatic amines is 1. The SMILES string of the molecule is O=C(NC(c1ccccc1)c1cccc(OCCOc2ccc(CNC[C@@H](O)c3ccc(O)c4[nH]c(=O)ccc34)cc2)c1)O[C@H]1CN2CCC1CC2. The van der Waals surface area contributed by atoms with E-state index in [0.717, 1.165) is 49.2 Å². The Balaban J connectivity index is 0.881. The normalized spacial score (nSPS) is 19.1. The van der Waals surface area contributed by atoms with Crippen molar-refractivity contribution in [3.05, 3.63) is 136 Å². The lowest BCUT2D eigenvalue weighted by molar-refractivity contribution is -0.0336. The number of pyridine rings is 1. The average molecular weight is 705 g/mol. The zero-order valence-corrected chi connectivity index (χ0v) is 28.9. The zero-order chi connectivity index (χ0) is 35.9. The van der Waals surface area contributed by atoms with Gasteiger partial charge in [0.05, 0.1) is 17.7 Å². The highest BCUT2D eigenvalue weighted by Gasteiger charge is 2.37. The molecule has 4 heterocycles. The number of aromatic nitrogens is 1. The number of carbonyl (C=O) groups excluding carboxylic acids is 1. The van der Waals surface area contributed by atoms with Crippen LogP contribution in [0.3, 0.4) is 0 Å². The van der Waals surface area contributed by atoms with Gasteiger partial charge in [0.1, 0.15) is 36.6 Å². The number of hydrogen-bond acceptors (Lipinski definition) is 9. The van der Waals surface area contributed by atoms with E-state index in [1.807, 2.05) is 78.9 Å². The second-order valence-corrected chi connectivity index (χ2v) is 13.4. The lowest BCUT2D eigenvalue weighted by atomic mass is 9.86. The molecule has 1 amide bonds. The van der Waals surface area contributed by atoms with E-state index < -0.39 is 18.2 Å². The van der Waals surface area contributed by atoms with Gasteiger partial charge in [-0.2, -0.15) is 0 Å². The molecule has 0 aliphatic carbocycles. The molecule has 5 aromatic rings. The second-order valence-electron chi connectivity index (χ2n) is 13.4. The minimum atomic E-state index is -0.839. The molecule has 3 aliphatic heterocycles. The van der Waals surface area contributed by atoms with Crippen molar-refractivity contribution in [2.45, 2.75) is 37.6 Å². The highest BCUT2D eigenvalue weighted by atomic mass is 16.6. The molecule has 5 N–H and O–H groups in total. The minimum absolute atomic E-state index is 0.0423. The van der Waals surface area contributed by atoms with Crippen molar-refractivity contribution in [1.82, 2.24) is 20.5 Å². The van der Waals surface area contributed by atoms with Gasteiger partial charge in [0, 0.05) is 31.1 Å². The smallest absolute Gasteiger partial charge is 0.408 e. The van der Waals surface area contributed by atoms with Crippen molar-refractivity contribution in [2.75, 3.05) is 39.4 Å². The van der Waals surface area contributed by atoms with Crippen LogP contribution in [0.25, 0.3) is 10.9 Å². The Morgan fingerprint density at radius 1 is 0.865 bits per heavy atom. The topological polar surface area (TPSA) is 145 Å². The maximum Gasteiger partial charge on any atom is 0.408 e. The van der Waals surface area contributed by atoms with Crippen LogP contribution in [0.2, 0.25) is 0 Å². The molecule has 0 radical (unpaired) electrons. The van der Waals surface area contributed by atoms with Gasteiger partial charge in [0.2, 0.25) is 5.56 Å². The quantitative estimate of drug-likeness (QED) is 0.0957. The Morgan fingerprint density at radius 3 is 2.37 bits per heavy atom. The summed E-state index contributed by atoms with van der Waals surface area (Å²) in [6.07, 6.45) is 0.830. The number of ether oxygens (including phenoxy) is 3. The summed E-state index contributed by atoms with van der Waals surface area (Å²) >= 11 is 0. The number of alkyl carbamates (subject to hydrolysis) is 1. The summed E-state index contributed by atoms with van der Waals surface area (Å²) < 4.78 is 17.9. The van der Waals surface area contributed by atoms with Gasteiger partial charge in [-0.25, -0.2) is 4.79 Å². The molecule has 11 heteroatoms. The molecule has 270 valence electrons. The third kappa shape index (κ3) is 8.56. The summed E-state index contributed by atoms with van der Waals surface area (Å²) in [7, 11) is 0. The van der Waals surface area contributed by atoms with Gasteiger partial charge in [-0.05, 0) is 90.5 Å². The lowest BCUT2D eigenvalue weighted by Crippen LogP contribution is -2.52. The second kappa shape index (κ2) is 16.3. The first-order chi connectivity index (χ1) is 25.4. The van der Waals surface area contributed by atoms with Crippen LogP contribution in [-0.2, 0) is 11.3 Å². The Bertz CT molecular complexity index is 2010. The zero-order valence-electron chi connectivity index (χ0n) is 28.9. The molecule has 3 atom stereocenters. The van der Waals surface area contributed by atoms with E-state index in [1.165, 1.54) is 12.1 Å². The fourth-order valence-corrected chi connectivity index (χ4v) is 7.16. The number of benzene rings is 4. The number of aliphatic hydroxyl groups is 1. The molecule has 8 rings (SSSR count). The molecule has 52 heavy (non-hydrogen) atoms. The number of phenolic OH excluding ortho intramolecular Hbond substituents is 1. The first-order valence-electron chi connectivity index (χ1n) is 17.8. The molecular formula is C41H44N4O7. The fraction of sp³-hybridized carbons (Fsp3) is 0.317. The number of nitrogens with zero attached hydrogens (tertiary/aromatic N) is 1. The number of H-pyrrole nitrogens is 1. The largest absolute Gasteiger partial charge is 0.506 e. The van der Waals surface area contributed by atoms with E-state index in [4.69, 9.17) is 14.2 Å². The summed E-state index contributed by atoms with van der Waals surface area (Å²) in [6, 6.07) is 31.0. The third-order valence-corrected chi connectivity index (χ3v) is 9.92. The average Bonchev–Trinajstić information content (AvgIpc) is 3.17. The van der Waals surface area contributed by atoms with E-state index >= 15 is 0 Å². The Labute approximate surface area is 302 Å². The molecule has 3 aliphatic rings. The van der Waals surface area contributed by atoms with Crippen molar-refractivity contribution in [3.63, 3.8) is 0 Å². The Hall–Kier alpha value is -5.36. The lowest BCUT2D eigenvalue weighted by Gasteiger charge is -2.43. The van der Waals surface area contributed by atoms with E-state index in [0.29, 0.717) is 53.6 Å². The van der Waals surface area contributed by atoms with Crippen molar-refractivity contribution in [3.8, 4) is 17.2 Å². The third-order valence-electron chi connectivity index (χ3n) is 9.92. The van der Waals surface area contributed by atoms with Gasteiger partial charge in [-0.3, -0.25) is 9.69 Å². The number of aliphatic hydroxyl groups excluding tert-OH is 1. The van der Waals surface area contributed by atoms with Gasteiger partial charge < -0.3 is 40.0 Å². The van der Waals surface area contributed by atoms with Crippen LogP contribution >= 0.6 is 0 Å². The van der Waals surface area contributed by atoms with Gasteiger partial charge in [0.15, 0.2) is 0 Å². The standard InChI is InChI=1S/C41H44N4O7/c46-35-15-13-33(34-14-16-38(48)43-40(34)35)36(47)25-42-24-27-9-11-31(12-10-27)50-21-22-51-32-8-4-7-30(23-32)39(29-5-2-1-3-6-29)44-41(49)52-37-26-45-19-17-28(37)18-20-45/h1-16,23,28,36-37,39,42,46-47H,17-22,24-26H2,(H,43,48)(H,44,49)/t36-,37+,39?/m1/s1. The van der Waals surface area contributed by atoms with Crippen LogP contribution in [-0.4, -0.2) is 71.7 Å². The highest BCUT2D eigenvalue weighted by Crippen LogP contribution is 2.31. The number of fused-ring (bicyclic) bond motifs is 4. The van der Waals surface area contributed by atoms with E-state index in [2.05, 4.69) is 20.5 Å². The molecule has 2 bridgehead atoms. The molecule has 3 fully saturated rings. The number of aromatic hydroxyl groups is 1. The molecular weight excluding hydrogens is 660 g/mol. The van der Waals surface area contributed by atoms with Crippen molar-refractivity contribution >= 4 is 17.0 Å². The molecule has 11 nitrogen and oxygen atoms in total. The van der Waals surface area contributed by atoms with Gasteiger partial charge >= 0.3 is 6.09 Å². The first-order valence-corrected chi connectivity index (χ1v) is 17.8. The fourth-order valence-electron chi connectivity index (χ4n) is 7.16. The number of phenols is 1. The molecule has 4 aromatic carbocycles. The summed E-state index contributed by atoms with van der Waals surface area (Å²) in [4.78, 5) is 29.8. The van der Waals surface area contributed by atoms with E-state index in [-0.39, 0.29) is 24.0 Å². The monoisotopic (exact) mass is 704 g/mol. The van der Waals surface area contributed by atoms with Crippen LogP contribution in [0.4, 0.5) is 4.79 Å². The maximum absolute atomic E-state index is 13.2. The summed E-state index contributed by atoms with van der Waals surface area (Å²) in [5.41, 5.74) is 3.45. The van der Waals surface area contributed by atoms with Crippen molar-refractivity contribution in [1.29, 1.82) is 0 Å². The molecule has 0 spiro atoms. The predicted molar refractivity (Wildman–Crippen MR) is 198 cm³/mol. The number of carbonyl (C=O) groups is 1. The molecule has 0 saturated carbocycles. The van der Waals surface area contributed by atoms with Crippen LogP contribution in [0.15, 0.2) is 108 Å². The molecule has 1 unspecified atom stereocenters. The number of amides is 1. The summed E-state index contributed by atoms with van der Waals surface area (Å²) in [5, 5.41) is 27.9. The van der Waals surface area contributed by atoms with Gasteiger partial charge in [-0.15, -0.1) is 0 Å². The minimum Gasteiger partial charge on any atom is -0.506 e. The number of nitrogens with one attached hydrogen (secondary N) is 3. The van der Waals surface area contributed by atoms with E-state index in [1.54, 1.807) is 12.1 Å². The van der Waals surface area contributed by atoms with Gasteiger partial charge in [0.25, 0.3) is 0 Å².